The molecule has 10 atom stereocenters. The minimum atomic E-state index is 0.00894. The molecule has 0 saturated heterocycles. The highest BCUT2D eigenvalue weighted by Crippen LogP contribution is 2.71. The SMILES string of the molecule is CCCCCCCC[C@H]1CC[C@H]2[C@@H]3C[C@@H](Br)[C@]4(Br)C[C@@H](OC(=O)C[C@@H](C)CC)CC[C@]4(C)[C@H]3CC[C@]12C. The van der Waals surface area contributed by atoms with Crippen LogP contribution in [0.3, 0.4) is 0 Å². The number of ether oxygens (including phenoxy) is 1. The molecule has 0 unspecified atom stereocenters. The second kappa shape index (κ2) is 12.5. The van der Waals surface area contributed by atoms with Gasteiger partial charge in [-0.15, -0.1) is 0 Å². The predicted molar refractivity (Wildman–Crippen MR) is 163 cm³/mol. The van der Waals surface area contributed by atoms with E-state index in [1.807, 2.05) is 0 Å². The van der Waals surface area contributed by atoms with Crippen LogP contribution in [0.15, 0.2) is 0 Å². The lowest BCUT2D eigenvalue weighted by Crippen LogP contribution is -2.64. The monoisotopic (exact) mass is 642 g/mol. The highest BCUT2D eigenvalue weighted by molar-refractivity contribution is 9.12. The van der Waals surface area contributed by atoms with Crippen LogP contribution < -0.4 is 0 Å². The summed E-state index contributed by atoms with van der Waals surface area (Å²) >= 11 is 8.61. The van der Waals surface area contributed by atoms with Crippen LogP contribution >= 0.6 is 31.9 Å². The first-order chi connectivity index (χ1) is 17.6. The molecule has 0 aromatic rings. The van der Waals surface area contributed by atoms with Gasteiger partial charge in [0.05, 0.1) is 0 Å². The van der Waals surface area contributed by atoms with E-state index in [0.29, 0.717) is 22.6 Å². The summed E-state index contributed by atoms with van der Waals surface area (Å²) in [7, 11) is 0. The molecule has 0 aliphatic heterocycles. The maximum absolute atomic E-state index is 12.6. The third-order valence-corrected chi connectivity index (χ3v) is 15.9. The molecule has 0 bridgehead atoms. The normalized spacial score (nSPS) is 44.0. The van der Waals surface area contributed by atoms with Crippen LogP contribution in [-0.2, 0) is 9.53 Å². The number of carbonyl (C=O) groups is 1. The van der Waals surface area contributed by atoms with E-state index in [0.717, 1.165) is 42.9 Å². The molecule has 4 aliphatic carbocycles. The highest BCUT2D eigenvalue weighted by atomic mass is 79.9. The molecule has 37 heavy (non-hydrogen) atoms. The number of esters is 1. The Balaban J connectivity index is 1.40. The van der Waals surface area contributed by atoms with Crippen molar-refractivity contribution < 1.29 is 9.53 Å². The molecule has 4 rings (SSSR count). The standard InChI is InChI=1S/C33H56Br2O2/c1-6-8-9-10-11-12-13-24-14-15-27-26-21-29(34)33(35)22-25(37-30(36)20-23(3)7-2)16-19-32(33,5)28(26)17-18-31(24,27)4/h23-29H,6-22H2,1-5H3/t23-,24-,25-,26-,27-,28-,29+,31+,32+,33+/m0/s1. The van der Waals surface area contributed by atoms with Gasteiger partial charge in [-0.05, 0) is 91.8 Å². The Kier molecular flexibility index (Phi) is 10.3. The zero-order valence-corrected chi connectivity index (χ0v) is 27.8. The summed E-state index contributed by atoms with van der Waals surface area (Å²) in [6.07, 6.45) is 21.8. The molecule has 4 aliphatic rings. The molecular weight excluding hydrogens is 588 g/mol. The number of rotatable bonds is 11. The predicted octanol–water partition coefficient (Wildman–Crippen LogP) is 10.6. The summed E-state index contributed by atoms with van der Waals surface area (Å²) in [5, 5.41) is 0. The van der Waals surface area contributed by atoms with Gasteiger partial charge >= 0.3 is 5.97 Å². The summed E-state index contributed by atoms with van der Waals surface area (Å²) in [6.45, 7) is 11.9. The van der Waals surface area contributed by atoms with Crippen molar-refractivity contribution in [2.45, 2.75) is 159 Å². The van der Waals surface area contributed by atoms with Crippen molar-refractivity contribution in [3.8, 4) is 0 Å². The lowest BCUT2D eigenvalue weighted by molar-refractivity contribution is -0.158. The van der Waals surface area contributed by atoms with Crippen molar-refractivity contribution >= 4 is 37.8 Å². The lowest BCUT2D eigenvalue weighted by Gasteiger charge is -2.65. The zero-order valence-electron chi connectivity index (χ0n) is 24.6. The van der Waals surface area contributed by atoms with E-state index >= 15 is 0 Å². The Bertz CT molecular complexity index is 771. The molecule has 214 valence electrons. The van der Waals surface area contributed by atoms with Crippen LogP contribution in [0.4, 0.5) is 0 Å². The van der Waals surface area contributed by atoms with Gasteiger partial charge in [0, 0.05) is 22.0 Å². The first-order valence-corrected chi connectivity index (χ1v) is 17.8. The van der Waals surface area contributed by atoms with E-state index in [2.05, 4.69) is 66.5 Å². The second-order valence-corrected chi connectivity index (χ2v) is 16.8. The van der Waals surface area contributed by atoms with E-state index < -0.39 is 0 Å². The number of hydrogen-bond acceptors (Lipinski definition) is 2. The van der Waals surface area contributed by atoms with Gasteiger partial charge in [-0.3, -0.25) is 4.79 Å². The van der Waals surface area contributed by atoms with Gasteiger partial charge in [0.2, 0.25) is 0 Å². The van der Waals surface area contributed by atoms with Crippen molar-refractivity contribution in [1.82, 2.24) is 0 Å². The average molecular weight is 645 g/mol. The van der Waals surface area contributed by atoms with Gasteiger partial charge in [0.1, 0.15) is 6.10 Å². The van der Waals surface area contributed by atoms with Crippen molar-refractivity contribution in [3.63, 3.8) is 0 Å². The number of alkyl halides is 2. The summed E-state index contributed by atoms with van der Waals surface area (Å²) in [6, 6.07) is 0. The van der Waals surface area contributed by atoms with E-state index in [4.69, 9.17) is 4.74 Å². The molecule has 0 heterocycles. The van der Waals surface area contributed by atoms with Crippen molar-refractivity contribution in [3.05, 3.63) is 0 Å². The van der Waals surface area contributed by atoms with E-state index in [1.54, 1.807) is 0 Å². The zero-order chi connectivity index (χ0) is 26.8. The molecule has 4 saturated carbocycles. The number of hydrogen-bond donors (Lipinski definition) is 0. The van der Waals surface area contributed by atoms with Crippen LogP contribution in [0.5, 0.6) is 0 Å². The van der Waals surface area contributed by atoms with Crippen molar-refractivity contribution in [1.29, 1.82) is 0 Å². The molecule has 0 aromatic carbocycles. The smallest absolute Gasteiger partial charge is 0.306 e. The fourth-order valence-electron chi connectivity index (χ4n) is 9.66. The fourth-order valence-corrected chi connectivity index (χ4v) is 11.8. The van der Waals surface area contributed by atoms with Crippen molar-refractivity contribution in [2.75, 3.05) is 0 Å². The molecule has 0 N–H and O–H groups in total. The summed E-state index contributed by atoms with van der Waals surface area (Å²) in [5.41, 5.74) is 0.824. The number of carbonyl (C=O) groups excluding carboxylic acids is 1. The maximum atomic E-state index is 12.6. The molecule has 0 amide bonds. The number of fused-ring (bicyclic) bond motifs is 5. The topological polar surface area (TPSA) is 26.3 Å². The molecule has 0 aromatic heterocycles. The molecule has 4 fully saturated rings. The van der Waals surface area contributed by atoms with Crippen LogP contribution in [0.1, 0.15) is 144 Å². The van der Waals surface area contributed by atoms with E-state index in [-0.39, 0.29) is 21.8 Å². The maximum Gasteiger partial charge on any atom is 0.306 e. The quantitative estimate of drug-likeness (QED) is 0.127. The molecule has 0 radical (unpaired) electrons. The molecular formula is C33H56Br2O2. The van der Waals surface area contributed by atoms with Crippen LogP contribution in [0.2, 0.25) is 0 Å². The van der Waals surface area contributed by atoms with Gasteiger partial charge in [-0.1, -0.05) is 111 Å². The molecule has 0 spiro atoms. The largest absolute Gasteiger partial charge is 0.462 e. The molecule has 2 nitrogen and oxygen atoms in total. The first kappa shape index (κ1) is 30.4. The first-order valence-electron chi connectivity index (χ1n) is 16.1. The summed E-state index contributed by atoms with van der Waals surface area (Å²) in [5.74, 6) is 3.90. The van der Waals surface area contributed by atoms with Crippen LogP contribution in [0, 0.1) is 40.4 Å². The average Bonchev–Trinajstić information content (AvgIpc) is 3.19. The Morgan fingerprint density at radius 2 is 1.70 bits per heavy atom. The van der Waals surface area contributed by atoms with Crippen LogP contribution in [-0.4, -0.2) is 21.2 Å². The minimum Gasteiger partial charge on any atom is -0.462 e. The van der Waals surface area contributed by atoms with Gasteiger partial charge in [0.15, 0.2) is 0 Å². The van der Waals surface area contributed by atoms with Gasteiger partial charge in [-0.2, -0.15) is 0 Å². The Hall–Kier alpha value is 0.430. The Labute approximate surface area is 245 Å². The van der Waals surface area contributed by atoms with E-state index in [1.165, 1.54) is 83.5 Å². The van der Waals surface area contributed by atoms with E-state index in [9.17, 15) is 4.79 Å². The number of unbranched alkanes of at least 4 members (excludes halogenated alkanes) is 5. The minimum absolute atomic E-state index is 0.00894. The number of halogens is 2. The summed E-state index contributed by atoms with van der Waals surface area (Å²) < 4.78 is 6.10. The molecule has 4 heteroatoms. The third-order valence-electron chi connectivity index (χ3n) is 12.3. The Morgan fingerprint density at radius 3 is 2.43 bits per heavy atom. The van der Waals surface area contributed by atoms with Crippen molar-refractivity contribution in [2.24, 2.45) is 40.4 Å². The van der Waals surface area contributed by atoms with Gasteiger partial charge < -0.3 is 4.74 Å². The fraction of sp³-hybridized carbons (Fsp3) is 0.970. The van der Waals surface area contributed by atoms with Gasteiger partial charge in [0.25, 0.3) is 0 Å². The second-order valence-electron chi connectivity index (χ2n) is 14.3. The Morgan fingerprint density at radius 1 is 0.973 bits per heavy atom. The van der Waals surface area contributed by atoms with Gasteiger partial charge in [-0.25, -0.2) is 0 Å². The highest BCUT2D eigenvalue weighted by Gasteiger charge is 2.66. The lowest BCUT2D eigenvalue weighted by atomic mass is 9.44. The van der Waals surface area contributed by atoms with Crippen LogP contribution in [0.25, 0.3) is 0 Å². The summed E-state index contributed by atoms with van der Waals surface area (Å²) in [4.78, 5) is 13.1. The third kappa shape index (κ3) is 5.92.